The molecule has 0 aliphatic carbocycles. The largest absolute Gasteiger partial charge is 0.466 e. The molecule has 0 saturated carbocycles. The number of rotatable bonds is 13. The molecule has 0 fully saturated rings. The number of hydrogen-bond donors (Lipinski definition) is 0. The molecule has 6 nitrogen and oxygen atoms in total. The summed E-state index contributed by atoms with van der Waals surface area (Å²) in [6.45, 7) is 8.24. The van der Waals surface area contributed by atoms with Crippen LogP contribution in [0.4, 0.5) is 0 Å². The Bertz CT molecular complexity index is 338. The van der Waals surface area contributed by atoms with Gasteiger partial charge in [-0.25, -0.2) is 9.59 Å². The van der Waals surface area contributed by atoms with Crippen molar-refractivity contribution in [2.24, 2.45) is 0 Å². The van der Waals surface area contributed by atoms with E-state index in [4.69, 9.17) is 4.74 Å². The van der Waals surface area contributed by atoms with Crippen molar-refractivity contribution in [1.29, 1.82) is 0 Å². The normalized spacial score (nSPS) is 9.69. The van der Waals surface area contributed by atoms with E-state index in [1.165, 1.54) is 51.4 Å². The Labute approximate surface area is 159 Å². The SMILES string of the molecule is CCCCCCCCCCCC(=O)OCC.CCOC(=O)C(=O)OCC. The van der Waals surface area contributed by atoms with Crippen molar-refractivity contribution in [3.05, 3.63) is 0 Å². The van der Waals surface area contributed by atoms with Crippen molar-refractivity contribution in [2.45, 2.75) is 91.9 Å². The Morgan fingerprint density at radius 2 is 0.923 bits per heavy atom. The summed E-state index contributed by atoms with van der Waals surface area (Å²) in [7, 11) is 0. The molecule has 26 heavy (non-hydrogen) atoms. The van der Waals surface area contributed by atoms with Crippen LogP contribution in [0.3, 0.4) is 0 Å². The Morgan fingerprint density at radius 1 is 0.538 bits per heavy atom. The number of esters is 3. The van der Waals surface area contributed by atoms with Gasteiger partial charge in [-0.05, 0) is 27.2 Å². The van der Waals surface area contributed by atoms with E-state index in [2.05, 4.69) is 16.4 Å². The van der Waals surface area contributed by atoms with Gasteiger partial charge in [-0.15, -0.1) is 0 Å². The fourth-order valence-electron chi connectivity index (χ4n) is 2.19. The average molecular weight is 375 g/mol. The molecule has 0 unspecified atom stereocenters. The third-order valence-electron chi connectivity index (χ3n) is 3.51. The van der Waals surface area contributed by atoms with Gasteiger partial charge in [0.1, 0.15) is 0 Å². The topological polar surface area (TPSA) is 78.9 Å². The molecule has 0 aromatic heterocycles. The molecule has 0 radical (unpaired) electrons. The Balaban J connectivity index is 0. The molecule has 0 aromatic rings. The highest BCUT2D eigenvalue weighted by Gasteiger charge is 2.14. The lowest BCUT2D eigenvalue weighted by Crippen LogP contribution is -2.19. The van der Waals surface area contributed by atoms with Crippen molar-refractivity contribution in [1.82, 2.24) is 0 Å². The van der Waals surface area contributed by atoms with Gasteiger partial charge in [0.25, 0.3) is 0 Å². The van der Waals surface area contributed by atoms with Crippen LogP contribution < -0.4 is 0 Å². The summed E-state index contributed by atoms with van der Waals surface area (Å²) < 4.78 is 13.6. The van der Waals surface area contributed by atoms with Crippen LogP contribution >= 0.6 is 0 Å². The van der Waals surface area contributed by atoms with E-state index in [9.17, 15) is 14.4 Å². The van der Waals surface area contributed by atoms with E-state index in [1.54, 1.807) is 13.8 Å². The highest BCUT2D eigenvalue weighted by Crippen LogP contribution is 2.10. The molecule has 0 rings (SSSR count). The lowest BCUT2D eigenvalue weighted by Gasteiger charge is -2.02. The summed E-state index contributed by atoms with van der Waals surface area (Å²) in [5.41, 5.74) is 0. The zero-order chi connectivity index (χ0) is 20.0. The first-order valence-electron chi connectivity index (χ1n) is 10.0. The fraction of sp³-hybridized carbons (Fsp3) is 0.850. The molecule has 0 atom stereocenters. The van der Waals surface area contributed by atoms with E-state index in [0.717, 1.165) is 6.42 Å². The third kappa shape index (κ3) is 20.5. The third-order valence-corrected chi connectivity index (χ3v) is 3.51. The van der Waals surface area contributed by atoms with Crippen LogP contribution in [-0.4, -0.2) is 37.7 Å². The van der Waals surface area contributed by atoms with E-state index in [1.807, 2.05) is 6.92 Å². The standard InChI is InChI=1S/C14H28O2.C6H10O4/c1-3-5-6-7-8-9-10-11-12-13-14(15)16-4-2;1-3-9-5(7)6(8)10-4-2/h3-13H2,1-2H3;3-4H2,1-2H3. The average Bonchev–Trinajstić information content (AvgIpc) is 2.61. The van der Waals surface area contributed by atoms with Crippen LogP contribution in [0.1, 0.15) is 91.9 Å². The minimum absolute atomic E-state index is 0.0366. The first kappa shape index (κ1) is 26.6. The van der Waals surface area contributed by atoms with E-state index in [0.29, 0.717) is 13.0 Å². The second-order valence-electron chi connectivity index (χ2n) is 5.82. The summed E-state index contributed by atoms with van der Waals surface area (Å²) in [5, 5.41) is 0. The van der Waals surface area contributed by atoms with Gasteiger partial charge in [0.15, 0.2) is 0 Å². The fourth-order valence-corrected chi connectivity index (χ4v) is 2.19. The molecule has 0 aliphatic rings. The maximum atomic E-state index is 11.0. The predicted molar refractivity (Wildman–Crippen MR) is 102 cm³/mol. The Kier molecular flexibility index (Phi) is 22.0. The van der Waals surface area contributed by atoms with Crippen molar-refractivity contribution in [2.75, 3.05) is 19.8 Å². The van der Waals surface area contributed by atoms with Crippen molar-refractivity contribution < 1.29 is 28.6 Å². The molecule has 0 spiro atoms. The molecule has 154 valence electrons. The van der Waals surface area contributed by atoms with Gasteiger partial charge < -0.3 is 14.2 Å². The smallest absolute Gasteiger partial charge is 0.417 e. The van der Waals surface area contributed by atoms with Crippen molar-refractivity contribution in [3.8, 4) is 0 Å². The van der Waals surface area contributed by atoms with E-state index >= 15 is 0 Å². The molecule has 0 saturated heterocycles. The van der Waals surface area contributed by atoms with Crippen LogP contribution in [0.2, 0.25) is 0 Å². The summed E-state index contributed by atoms with van der Waals surface area (Å²) >= 11 is 0. The lowest BCUT2D eigenvalue weighted by atomic mass is 10.1. The van der Waals surface area contributed by atoms with Crippen LogP contribution in [0, 0.1) is 0 Å². The molecule has 0 amide bonds. The molecule has 0 bridgehead atoms. The van der Waals surface area contributed by atoms with E-state index in [-0.39, 0.29) is 19.2 Å². The molecule has 0 N–H and O–H groups in total. The second kappa shape index (κ2) is 21.5. The number of unbranched alkanes of at least 4 members (excludes halogenated alkanes) is 8. The van der Waals surface area contributed by atoms with Gasteiger partial charge in [-0.1, -0.05) is 58.3 Å². The minimum atomic E-state index is -0.927. The Hall–Kier alpha value is -1.59. The highest BCUT2D eigenvalue weighted by molar-refractivity contribution is 6.29. The summed E-state index contributed by atoms with van der Waals surface area (Å²) in [5.74, 6) is -1.89. The minimum Gasteiger partial charge on any atom is -0.466 e. The van der Waals surface area contributed by atoms with Gasteiger partial charge >= 0.3 is 17.9 Å². The molecule has 0 heterocycles. The van der Waals surface area contributed by atoms with Gasteiger partial charge in [0.05, 0.1) is 19.8 Å². The number of carbonyl (C=O) groups is 3. The van der Waals surface area contributed by atoms with Gasteiger partial charge in [0, 0.05) is 6.42 Å². The highest BCUT2D eigenvalue weighted by atomic mass is 16.6. The summed E-state index contributed by atoms with van der Waals surface area (Å²) in [4.78, 5) is 31.9. The van der Waals surface area contributed by atoms with Crippen molar-refractivity contribution in [3.63, 3.8) is 0 Å². The van der Waals surface area contributed by atoms with Gasteiger partial charge in [0.2, 0.25) is 0 Å². The number of hydrogen-bond acceptors (Lipinski definition) is 6. The predicted octanol–water partition coefficient (Wildman–Crippen LogP) is 4.58. The first-order valence-corrected chi connectivity index (χ1v) is 10.0. The maximum absolute atomic E-state index is 11.0. The molecule has 0 aliphatic heterocycles. The Morgan fingerprint density at radius 3 is 1.31 bits per heavy atom. The van der Waals surface area contributed by atoms with Gasteiger partial charge in [-0.3, -0.25) is 4.79 Å². The monoisotopic (exact) mass is 374 g/mol. The molecule has 6 heteroatoms. The molecular weight excluding hydrogens is 336 g/mol. The number of ether oxygens (including phenoxy) is 3. The summed E-state index contributed by atoms with van der Waals surface area (Å²) in [6.07, 6.45) is 12.2. The van der Waals surface area contributed by atoms with Gasteiger partial charge in [-0.2, -0.15) is 0 Å². The van der Waals surface area contributed by atoms with Crippen molar-refractivity contribution >= 4 is 17.9 Å². The zero-order valence-corrected chi connectivity index (χ0v) is 17.1. The lowest BCUT2D eigenvalue weighted by molar-refractivity contribution is -0.167. The quantitative estimate of drug-likeness (QED) is 0.203. The second-order valence-corrected chi connectivity index (χ2v) is 5.82. The zero-order valence-electron chi connectivity index (χ0n) is 17.1. The first-order chi connectivity index (χ1) is 12.5. The van der Waals surface area contributed by atoms with Crippen LogP contribution in [0.15, 0.2) is 0 Å². The van der Waals surface area contributed by atoms with Crippen LogP contribution in [0.5, 0.6) is 0 Å². The van der Waals surface area contributed by atoms with Crippen LogP contribution in [0.25, 0.3) is 0 Å². The summed E-state index contributed by atoms with van der Waals surface area (Å²) in [6, 6.07) is 0. The molecule has 0 aromatic carbocycles. The molecular formula is C20H38O6. The maximum Gasteiger partial charge on any atom is 0.417 e. The number of carbonyl (C=O) groups excluding carboxylic acids is 3. The van der Waals surface area contributed by atoms with Crippen LogP contribution in [-0.2, 0) is 28.6 Å². The van der Waals surface area contributed by atoms with E-state index < -0.39 is 11.9 Å².